The molecule has 1 aromatic carbocycles. The summed E-state index contributed by atoms with van der Waals surface area (Å²) in [6, 6.07) is 8.27. The van der Waals surface area contributed by atoms with Gasteiger partial charge in [-0.2, -0.15) is 0 Å². The van der Waals surface area contributed by atoms with Crippen molar-refractivity contribution in [2.75, 3.05) is 25.4 Å². The third-order valence-corrected chi connectivity index (χ3v) is 5.11. The molecule has 0 aromatic heterocycles. The Balaban J connectivity index is 1.75. The SMILES string of the molecule is NC[C@@H]1CCN(C(=O)[C@H]2CSc3ccccc32)C1. The van der Waals surface area contributed by atoms with Gasteiger partial charge in [0.15, 0.2) is 0 Å². The van der Waals surface area contributed by atoms with Crippen LogP contribution in [0.25, 0.3) is 0 Å². The largest absolute Gasteiger partial charge is 0.342 e. The molecule has 3 nitrogen and oxygen atoms in total. The monoisotopic (exact) mass is 262 g/mol. The molecule has 2 heterocycles. The molecular formula is C14H18N2OS. The van der Waals surface area contributed by atoms with Gasteiger partial charge < -0.3 is 10.6 Å². The fourth-order valence-corrected chi connectivity index (χ4v) is 4.03. The fourth-order valence-electron chi connectivity index (χ4n) is 2.81. The standard InChI is InChI=1S/C14H18N2OS/c15-7-10-5-6-16(8-10)14(17)12-9-18-13-4-2-1-3-11(12)13/h1-4,10,12H,5-9,15H2/t10-,12-/m0/s1. The van der Waals surface area contributed by atoms with Gasteiger partial charge in [0.2, 0.25) is 5.91 Å². The molecular weight excluding hydrogens is 244 g/mol. The Hall–Kier alpha value is -1.00. The second kappa shape index (κ2) is 4.94. The number of nitrogens with two attached hydrogens (primary N) is 1. The summed E-state index contributed by atoms with van der Waals surface area (Å²) >= 11 is 1.80. The topological polar surface area (TPSA) is 46.3 Å². The van der Waals surface area contributed by atoms with Crippen LogP contribution in [0, 0.1) is 5.92 Å². The molecule has 0 spiro atoms. The number of hydrogen-bond acceptors (Lipinski definition) is 3. The zero-order chi connectivity index (χ0) is 12.5. The van der Waals surface area contributed by atoms with Crippen LogP contribution in [0.3, 0.4) is 0 Å². The predicted octanol–water partition coefficient (Wildman–Crippen LogP) is 1.68. The molecule has 96 valence electrons. The summed E-state index contributed by atoms with van der Waals surface area (Å²) in [4.78, 5) is 15.8. The quantitative estimate of drug-likeness (QED) is 0.882. The maximum absolute atomic E-state index is 12.5. The Kier molecular flexibility index (Phi) is 3.31. The molecule has 2 aliphatic rings. The summed E-state index contributed by atoms with van der Waals surface area (Å²) < 4.78 is 0. The van der Waals surface area contributed by atoms with Crippen LogP contribution in [0.4, 0.5) is 0 Å². The van der Waals surface area contributed by atoms with Crippen molar-refractivity contribution in [3.63, 3.8) is 0 Å². The van der Waals surface area contributed by atoms with E-state index in [1.54, 1.807) is 11.8 Å². The first-order valence-corrected chi connectivity index (χ1v) is 7.48. The summed E-state index contributed by atoms with van der Waals surface area (Å²) in [6.45, 7) is 2.42. The van der Waals surface area contributed by atoms with Crippen LogP contribution in [0.15, 0.2) is 29.2 Å². The third kappa shape index (κ3) is 2.04. The van der Waals surface area contributed by atoms with Gasteiger partial charge in [0.05, 0.1) is 5.92 Å². The first-order chi connectivity index (χ1) is 8.79. The summed E-state index contributed by atoms with van der Waals surface area (Å²) in [5, 5.41) is 0. The van der Waals surface area contributed by atoms with E-state index in [1.807, 2.05) is 17.0 Å². The number of nitrogens with zero attached hydrogens (tertiary/aromatic N) is 1. The molecule has 3 rings (SSSR count). The zero-order valence-electron chi connectivity index (χ0n) is 10.3. The van der Waals surface area contributed by atoms with Crippen LogP contribution in [0.1, 0.15) is 17.9 Å². The Bertz CT molecular complexity index is 463. The molecule has 0 radical (unpaired) electrons. The van der Waals surface area contributed by atoms with Crippen molar-refractivity contribution in [1.29, 1.82) is 0 Å². The van der Waals surface area contributed by atoms with Crippen molar-refractivity contribution in [2.45, 2.75) is 17.2 Å². The van der Waals surface area contributed by atoms with E-state index in [1.165, 1.54) is 10.5 Å². The van der Waals surface area contributed by atoms with Crippen molar-refractivity contribution in [2.24, 2.45) is 11.7 Å². The van der Waals surface area contributed by atoms with Crippen molar-refractivity contribution in [3.8, 4) is 0 Å². The van der Waals surface area contributed by atoms with Crippen LogP contribution in [0.5, 0.6) is 0 Å². The van der Waals surface area contributed by atoms with E-state index in [0.29, 0.717) is 18.4 Å². The Morgan fingerprint density at radius 2 is 2.28 bits per heavy atom. The summed E-state index contributed by atoms with van der Waals surface area (Å²) in [5.41, 5.74) is 6.90. The molecule has 1 aromatic rings. The maximum atomic E-state index is 12.5. The first-order valence-electron chi connectivity index (χ1n) is 6.50. The fraction of sp³-hybridized carbons (Fsp3) is 0.500. The van der Waals surface area contributed by atoms with Gasteiger partial charge in [-0.1, -0.05) is 18.2 Å². The van der Waals surface area contributed by atoms with Gasteiger partial charge in [-0.05, 0) is 30.5 Å². The van der Waals surface area contributed by atoms with Crippen LogP contribution in [-0.4, -0.2) is 36.2 Å². The molecule has 0 aliphatic carbocycles. The van der Waals surface area contributed by atoms with Gasteiger partial charge >= 0.3 is 0 Å². The van der Waals surface area contributed by atoms with Crippen molar-refractivity contribution >= 4 is 17.7 Å². The highest BCUT2D eigenvalue weighted by Gasteiger charge is 2.34. The number of carbonyl (C=O) groups excluding carboxylic acids is 1. The van der Waals surface area contributed by atoms with E-state index in [9.17, 15) is 4.79 Å². The van der Waals surface area contributed by atoms with E-state index in [-0.39, 0.29) is 5.92 Å². The minimum atomic E-state index is 0.0581. The van der Waals surface area contributed by atoms with Gasteiger partial charge in [-0.3, -0.25) is 4.79 Å². The number of hydrogen-bond donors (Lipinski definition) is 1. The van der Waals surface area contributed by atoms with E-state index in [4.69, 9.17) is 5.73 Å². The number of carbonyl (C=O) groups is 1. The highest BCUT2D eigenvalue weighted by molar-refractivity contribution is 7.99. The number of thioether (sulfide) groups is 1. The average Bonchev–Trinajstić information content (AvgIpc) is 3.04. The minimum absolute atomic E-state index is 0.0581. The molecule has 2 N–H and O–H groups in total. The Morgan fingerprint density at radius 1 is 1.44 bits per heavy atom. The van der Waals surface area contributed by atoms with Crippen LogP contribution in [0.2, 0.25) is 0 Å². The highest BCUT2D eigenvalue weighted by Crippen LogP contribution is 2.40. The molecule has 2 atom stereocenters. The van der Waals surface area contributed by atoms with Crippen molar-refractivity contribution in [1.82, 2.24) is 4.90 Å². The molecule has 1 saturated heterocycles. The van der Waals surface area contributed by atoms with Gasteiger partial charge in [0.25, 0.3) is 0 Å². The maximum Gasteiger partial charge on any atom is 0.231 e. The lowest BCUT2D eigenvalue weighted by atomic mass is 10.00. The van der Waals surface area contributed by atoms with Crippen LogP contribution in [-0.2, 0) is 4.79 Å². The number of fused-ring (bicyclic) bond motifs is 1. The normalized spacial score (nSPS) is 26.4. The smallest absolute Gasteiger partial charge is 0.231 e. The highest BCUT2D eigenvalue weighted by atomic mass is 32.2. The lowest BCUT2D eigenvalue weighted by Gasteiger charge is -2.20. The second-order valence-corrected chi connectivity index (χ2v) is 6.14. The van der Waals surface area contributed by atoms with Gasteiger partial charge in [0, 0.05) is 23.7 Å². The number of rotatable bonds is 2. The Morgan fingerprint density at radius 3 is 3.06 bits per heavy atom. The predicted molar refractivity (Wildman–Crippen MR) is 73.6 cm³/mol. The summed E-state index contributed by atoms with van der Waals surface area (Å²) in [6.07, 6.45) is 1.06. The van der Waals surface area contributed by atoms with E-state index < -0.39 is 0 Å². The number of amides is 1. The van der Waals surface area contributed by atoms with Gasteiger partial charge in [-0.25, -0.2) is 0 Å². The lowest BCUT2D eigenvalue weighted by molar-refractivity contribution is -0.131. The van der Waals surface area contributed by atoms with Gasteiger partial charge in [-0.15, -0.1) is 11.8 Å². The van der Waals surface area contributed by atoms with Crippen molar-refractivity contribution in [3.05, 3.63) is 29.8 Å². The number of likely N-dealkylation sites (tertiary alicyclic amines) is 1. The van der Waals surface area contributed by atoms with Crippen LogP contribution < -0.4 is 5.73 Å². The molecule has 0 unspecified atom stereocenters. The van der Waals surface area contributed by atoms with Crippen LogP contribution >= 0.6 is 11.8 Å². The van der Waals surface area contributed by atoms with E-state index in [2.05, 4.69) is 12.1 Å². The molecule has 2 aliphatic heterocycles. The molecule has 4 heteroatoms. The second-order valence-electron chi connectivity index (χ2n) is 5.08. The molecule has 0 bridgehead atoms. The lowest BCUT2D eigenvalue weighted by Crippen LogP contribution is -2.34. The summed E-state index contributed by atoms with van der Waals surface area (Å²) in [5.74, 6) is 1.74. The van der Waals surface area contributed by atoms with E-state index in [0.717, 1.165) is 25.3 Å². The minimum Gasteiger partial charge on any atom is -0.342 e. The van der Waals surface area contributed by atoms with Crippen molar-refractivity contribution < 1.29 is 4.79 Å². The first kappa shape index (κ1) is 12.1. The molecule has 1 fully saturated rings. The number of benzene rings is 1. The molecule has 1 amide bonds. The Labute approximate surface area is 112 Å². The zero-order valence-corrected chi connectivity index (χ0v) is 11.2. The third-order valence-electron chi connectivity index (χ3n) is 3.93. The summed E-state index contributed by atoms with van der Waals surface area (Å²) in [7, 11) is 0. The average molecular weight is 262 g/mol. The van der Waals surface area contributed by atoms with E-state index >= 15 is 0 Å². The molecule has 0 saturated carbocycles. The molecule has 18 heavy (non-hydrogen) atoms. The van der Waals surface area contributed by atoms with Gasteiger partial charge in [0.1, 0.15) is 0 Å².